The van der Waals surface area contributed by atoms with Crippen LogP contribution in [0.25, 0.3) is 28.1 Å². The first kappa shape index (κ1) is 20.6. The Bertz CT molecular complexity index is 1220. The van der Waals surface area contributed by atoms with E-state index in [-0.39, 0.29) is 0 Å². The van der Waals surface area contributed by atoms with Crippen LogP contribution in [0.1, 0.15) is 36.8 Å². The number of nitrogens with zero attached hydrogens (tertiary/aromatic N) is 2. The van der Waals surface area contributed by atoms with Crippen LogP contribution in [0.5, 0.6) is 0 Å². The molecular weight excluding hydrogens is 384 g/mol. The molecule has 1 aromatic heterocycles. The van der Waals surface area contributed by atoms with Gasteiger partial charge in [0.2, 0.25) is 0 Å². The van der Waals surface area contributed by atoms with Crippen molar-refractivity contribution in [1.29, 1.82) is 0 Å². The number of carbonyl (C=O) groups is 1. The lowest BCUT2D eigenvalue weighted by atomic mass is 10.0. The minimum atomic E-state index is -0.966. The smallest absolute Gasteiger partial charge is 0.328 e. The molecule has 3 aromatic carbocycles. The second kappa shape index (κ2) is 9.43. The molecule has 0 saturated heterocycles. The fourth-order valence-corrected chi connectivity index (χ4v) is 3.93. The summed E-state index contributed by atoms with van der Waals surface area (Å²) in [5, 5.41) is 11.6. The zero-order valence-electron chi connectivity index (χ0n) is 17.7. The standard InChI is InChI=1S/C27H26N2O2/c1-2-3-16-25-28-27(23-15-9-13-21-12-7-8-14-22(21)23)24(17-18-26(30)31)29(25)19-20-10-5-4-6-11-20/h4-15,17-18H,2-3,16,19H2,1H3,(H,30,31)/b18-17+. The highest BCUT2D eigenvalue weighted by atomic mass is 16.4. The highest BCUT2D eigenvalue weighted by Crippen LogP contribution is 2.32. The number of carboxylic acid groups (broad SMARTS) is 1. The van der Waals surface area contributed by atoms with Crippen molar-refractivity contribution in [2.75, 3.05) is 0 Å². The molecule has 0 atom stereocenters. The van der Waals surface area contributed by atoms with Crippen LogP contribution in [-0.2, 0) is 17.8 Å². The highest BCUT2D eigenvalue weighted by molar-refractivity contribution is 5.98. The van der Waals surface area contributed by atoms with E-state index < -0.39 is 5.97 Å². The predicted octanol–water partition coefficient (Wildman–Crippen LogP) is 6.19. The monoisotopic (exact) mass is 410 g/mol. The molecule has 0 aliphatic heterocycles. The van der Waals surface area contributed by atoms with Crippen molar-refractivity contribution in [2.24, 2.45) is 0 Å². The van der Waals surface area contributed by atoms with Crippen LogP contribution >= 0.6 is 0 Å². The van der Waals surface area contributed by atoms with Gasteiger partial charge in [0.15, 0.2) is 0 Å². The van der Waals surface area contributed by atoms with Crippen LogP contribution < -0.4 is 0 Å². The Hall–Kier alpha value is -3.66. The molecule has 1 heterocycles. The maximum Gasteiger partial charge on any atom is 0.328 e. The van der Waals surface area contributed by atoms with Crippen molar-refractivity contribution in [3.05, 3.63) is 96.0 Å². The Kier molecular flexibility index (Phi) is 6.27. The Morgan fingerprint density at radius 3 is 2.52 bits per heavy atom. The largest absolute Gasteiger partial charge is 0.478 e. The number of carboxylic acids is 1. The van der Waals surface area contributed by atoms with Gasteiger partial charge < -0.3 is 9.67 Å². The second-order valence-electron chi connectivity index (χ2n) is 7.64. The zero-order valence-corrected chi connectivity index (χ0v) is 17.7. The number of rotatable bonds is 8. The topological polar surface area (TPSA) is 55.1 Å². The van der Waals surface area contributed by atoms with Crippen LogP contribution in [0.2, 0.25) is 0 Å². The Labute approximate surface area is 182 Å². The molecule has 0 aliphatic rings. The van der Waals surface area contributed by atoms with Crippen LogP contribution in [0.15, 0.2) is 78.9 Å². The van der Waals surface area contributed by atoms with E-state index in [1.165, 1.54) is 6.08 Å². The first-order chi connectivity index (χ1) is 15.2. The number of unbranched alkanes of at least 4 members (excludes halogenated alkanes) is 1. The van der Waals surface area contributed by atoms with E-state index in [0.717, 1.165) is 58.4 Å². The Morgan fingerprint density at radius 2 is 1.74 bits per heavy atom. The summed E-state index contributed by atoms with van der Waals surface area (Å²) in [5.74, 6) is 0.0186. The Balaban J connectivity index is 1.94. The normalized spacial score (nSPS) is 11.4. The molecule has 0 spiro atoms. The molecule has 0 bridgehead atoms. The van der Waals surface area contributed by atoms with Gasteiger partial charge >= 0.3 is 5.97 Å². The average Bonchev–Trinajstić information content (AvgIpc) is 3.13. The lowest BCUT2D eigenvalue weighted by Gasteiger charge is -2.11. The predicted molar refractivity (Wildman–Crippen MR) is 126 cm³/mol. The molecule has 4 aromatic rings. The van der Waals surface area contributed by atoms with Gasteiger partial charge in [-0.3, -0.25) is 0 Å². The van der Waals surface area contributed by atoms with E-state index in [2.05, 4.69) is 47.9 Å². The highest BCUT2D eigenvalue weighted by Gasteiger charge is 2.18. The number of hydrogen-bond acceptors (Lipinski definition) is 2. The molecule has 4 heteroatoms. The third-order valence-electron chi connectivity index (χ3n) is 5.45. The lowest BCUT2D eigenvalue weighted by Crippen LogP contribution is -2.07. The summed E-state index contributed by atoms with van der Waals surface area (Å²) in [6.07, 6.45) is 5.84. The van der Waals surface area contributed by atoms with Crippen molar-refractivity contribution >= 4 is 22.8 Å². The molecule has 0 saturated carbocycles. The number of fused-ring (bicyclic) bond motifs is 1. The molecule has 31 heavy (non-hydrogen) atoms. The van der Waals surface area contributed by atoms with Crippen LogP contribution in [0.4, 0.5) is 0 Å². The van der Waals surface area contributed by atoms with Gasteiger partial charge in [-0.2, -0.15) is 0 Å². The van der Waals surface area contributed by atoms with E-state index >= 15 is 0 Å². The molecule has 0 aliphatic carbocycles. The molecular formula is C27H26N2O2. The number of aromatic nitrogens is 2. The zero-order chi connectivity index (χ0) is 21.6. The van der Waals surface area contributed by atoms with Crippen molar-refractivity contribution in [1.82, 2.24) is 9.55 Å². The molecule has 1 N–H and O–H groups in total. The third-order valence-corrected chi connectivity index (χ3v) is 5.45. The minimum absolute atomic E-state index is 0.650. The summed E-state index contributed by atoms with van der Waals surface area (Å²) >= 11 is 0. The van der Waals surface area contributed by atoms with E-state index in [1.807, 2.05) is 36.4 Å². The fraction of sp³-hybridized carbons (Fsp3) is 0.185. The molecule has 0 fully saturated rings. The van der Waals surface area contributed by atoms with Gasteiger partial charge in [0.25, 0.3) is 0 Å². The number of imidazole rings is 1. The SMILES string of the molecule is CCCCc1nc(-c2cccc3ccccc23)c(/C=C/C(=O)O)n1Cc1ccccc1. The second-order valence-corrected chi connectivity index (χ2v) is 7.64. The summed E-state index contributed by atoms with van der Waals surface area (Å²) in [6.45, 7) is 2.82. The molecule has 0 unspecified atom stereocenters. The first-order valence-electron chi connectivity index (χ1n) is 10.7. The number of hydrogen-bond donors (Lipinski definition) is 1. The minimum Gasteiger partial charge on any atom is -0.478 e. The van der Waals surface area contributed by atoms with E-state index in [1.54, 1.807) is 6.08 Å². The quantitative estimate of drug-likeness (QED) is 0.352. The number of aliphatic carboxylic acids is 1. The molecule has 156 valence electrons. The van der Waals surface area contributed by atoms with Crippen LogP contribution in [0, 0.1) is 0 Å². The van der Waals surface area contributed by atoms with Gasteiger partial charge in [0.1, 0.15) is 5.82 Å². The van der Waals surface area contributed by atoms with Gasteiger partial charge in [-0.25, -0.2) is 9.78 Å². The summed E-state index contributed by atoms with van der Waals surface area (Å²) in [6, 6.07) is 24.7. The van der Waals surface area contributed by atoms with Crippen molar-refractivity contribution in [2.45, 2.75) is 32.7 Å². The van der Waals surface area contributed by atoms with Gasteiger partial charge in [-0.15, -0.1) is 0 Å². The molecule has 4 nitrogen and oxygen atoms in total. The van der Waals surface area contributed by atoms with Crippen molar-refractivity contribution < 1.29 is 9.90 Å². The maximum atomic E-state index is 11.4. The fourth-order valence-electron chi connectivity index (χ4n) is 3.93. The molecule has 0 amide bonds. The van der Waals surface area contributed by atoms with Gasteiger partial charge in [0, 0.05) is 24.6 Å². The third kappa shape index (κ3) is 4.58. The summed E-state index contributed by atoms with van der Waals surface area (Å²) in [7, 11) is 0. The lowest BCUT2D eigenvalue weighted by molar-refractivity contribution is -0.131. The van der Waals surface area contributed by atoms with E-state index in [4.69, 9.17) is 4.98 Å². The maximum absolute atomic E-state index is 11.4. The average molecular weight is 411 g/mol. The number of benzene rings is 3. The molecule has 0 radical (unpaired) electrons. The van der Waals surface area contributed by atoms with Crippen LogP contribution in [0.3, 0.4) is 0 Å². The summed E-state index contributed by atoms with van der Waals surface area (Å²) in [4.78, 5) is 16.4. The van der Waals surface area contributed by atoms with Crippen molar-refractivity contribution in [3.63, 3.8) is 0 Å². The van der Waals surface area contributed by atoms with Gasteiger partial charge in [-0.1, -0.05) is 86.1 Å². The Morgan fingerprint density at radius 1 is 1.00 bits per heavy atom. The number of aryl methyl sites for hydroxylation is 1. The van der Waals surface area contributed by atoms with Gasteiger partial charge in [-0.05, 0) is 28.8 Å². The molecule has 4 rings (SSSR count). The van der Waals surface area contributed by atoms with Gasteiger partial charge in [0.05, 0.1) is 11.4 Å². The van der Waals surface area contributed by atoms with E-state index in [9.17, 15) is 9.90 Å². The van der Waals surface area contributed by atoms with E-state index in [0.29, 0.717) is 6.54 Å². The first-order valence-corrected chi connectivity index (χ1v) is 10.7. The summed E-state index contributed by atoms with van der Waals surface area (Å²) in [5.41, 5.74) is 3.84. The van der Waals surface area contributed by atoms with Crippen molar-refractivity contribution in [3.8, 4) is 11.3 Å². The van der Waals surface area contributed by atoms with Crippen LogP contribution in [-0.4, -0.2) is 20.6 Å². The summed E-state index contributed by atoms with van der Waals surface area (Å²) < 4.78 is 2.17.